The van der Waals surface area contributed by atoms with E-state index in [0.29, 0.717) is 19.4 Å². The molecule has 2 nitrogen and oxygen atoms in total. The zero-order valence-corrected chi connectivity index (χ0v) is 6.26. The molecule has 60 valence electrons. The molecule has 10 heavy (non-hydrogen) atoms. The Morgan fingerprint density at radius 3 is 3.00 bits per heavy atom. The number of aliphatic hydroxyl groups is 1. The van der Waals surface area contributed by atoms with E-state index in [9.17, 15) is 4.39 Å². The van der Waals surface area contributed by atoms with Crippen molar-refractivity contribution in [2.24, 2.45) is 0 Å². The van der Waals surface area contributed by atoms with Crippen molar-refractivity contribution in [1.82, 2.24) is 4.90 Å². The van der Waals surface area contributed by atoms with E-state index in [1.54, 1.807) is 0 Å². The van der Waals surface area contributed by atoms with E-state index in [1.165, 1.54) is 0 Å². The Morgan fingerprint density at radius 2 is 2.30 bits per heavy atom. The van der Waals surface area contributed by atoms with Gasteiger partial charge in [0.1, 0.15) is 6.17 Å². The molecule has 0 aromatic carbocycles. The van der Waals surface area contributed by atoms with Crippen molar-refractivity contribution in [3.05, 3.63) is 0 Å². The van der Waals surface area contributed by atoms with Gasteiger partial charge >= 0.3 is 0 Å². The van der Waals surface area contributed by atoms with Crippen molar-refractivity contribution in [3.8, 4) is 0 Å². The molecule has 0 radical (unpaired) electrons. The number of alkyl halides is 1. The quantitative estimate of drug-likeness (QED) is 0.536. The number of likely N-dealkylation sites (tertiary alicyclic amines) is 1. The van der Waals surface area contributed by atoms with E-state index in [0.717, 1.165) is 6.54 Å². The summed E-state index contributed by atoms with van der Waals surface area (Å²) in [6.07, 6.45) is -0.403. The Morgan fingerprint density at radius 1 is 1.60 bits per heavy atom. The molecular weight excluding hydrogens is 133 g/mol. The van der Waals surface area contributed by atoms with E-state index in [4.69, 9.17) is 5.11 Å². The molecule has 0 saturated carbocycles. The lowest BCUT2D eigenvalue weighted by Crippen LogP contribution is -2.26. The van der Waals surface area contributed by atoms with Crippen LogP contribution in [-0.2, 0) is 0 Å². The van der Waals surface area contributed by atoms with Gasteiger partial charge in [0.15, 0.2) is 0 Å². The molecule has 2 atom stereocenters. The molecule has 0 amide bonds. The Kier molecular flexibility index (Phi) is 2.63. The third-order valence-corrected chi connectivity index (χ3v) is 1.87. The lowest BCUT2D eigenvalue weighted by molar-refractivity contribution is 0.117. The van der Waals surface area contributed by atoms with Crippen LogP contribution >= 0.6 is 0 Å². The second-order valence-electron chi connectivity index (χ2n) is 3.04. The largest absolute Gasteiger partial charge is 0.392 e. The first-order chi connectivity index (χ1) is 4.68. The fraction of sp³-hybridized carbons (Fsp3) is 1.00. The lowest BCUT2D eigenvalue weighted by Gasteiger charge is -2.14. The Labute approximate surface area is 60.6 Å². The summed E-state index contributed by atoms with van der Waals surface area (Å²) in [5, 5.41) is 9.15. The number of hydrogen-bond donors (Lipinski definition) is 1. The summed E-state index contributed by atoms with van der Waals surface area (Å²) in [5.74, 6) is 0. The maximum Gasteiger partial charge on any atom is 0.104 e. The number of aliphatic hydroxyl groups excluding tert-OH is 1. The van der Waals surface area contributed by atoms with E-state index in [-0.39, 0.29) is 0 Å². The van der Waals surface area contributed by atoms with Crippen molar-refractivity contribution in [2.45, 2.75) is 25.1 Å². The van der Waals surface area contributed by atoms with Crippen LogP contribution in [-0.4, -0.2) is 42.4 Å². The van der Waals surface area contributed by atoms with Gasteiger partial charge in [0.05, 0.1) is 6.10 Å². The monoisotopic (exact) mass is 147 g/mol. The van der Waals surface area contributed by atoms with Crippen molar-refractivity contribution in [2.75, 3.05) is 20.1 Å². The Hall–Kier alpha value is -0.150. The van der Waals surface area contributed by atoms with Gasteiger partial charge in [-0.1, -0.05) is 0 Å². The minimum absolute atomic E-state index is 0.310. The second kappa shape index (κ2) is 3.30. The normalized spacial score (nSPS) is 37.5. The van der Waals surface area contributed by atoms with E-state index in [1.807, 2.05) is 11.9 Å². The van der Waals surface area contributed by atoms with Gasteiger partial charge in [-0.3, -0.25) is 0 Å². The van der Waals surface area contributed by atoms with Crippen LogP contribution in [0.4, 0.5) is 4.39 Å². The fourth-order valence-electron chi connectivity index (χ4n) is 1.30. The van der Waals surface area contributed by atoms with Gasteiger partial charge in [0, 0.05) is 19.5 Å². The van der Waals surface area contributed by atoms with Crippen LogP contribution < -0.4 is 0 Å². The maximum atomic E-state index is 12.7. The summed E-state index contributed by atoms with van der Waals surface area (Å²) in [6.45, 7) is 1.37. The summed E-state index contributed by atoms with van der Waals surface area (Å²) < 4.78 is 12.7. The molecule has 1 heterocycles. The van der Waals surface area contributed by atoms with Crippen molar-refractivity contribution in [3.63, 3.8) is 0 Å². The van der Waals surface area contributed by atoms with Crippen LogP contribution in [0.2, 0.25) is 0 Å². The van der Waals surface area contributed by atoms with Crippen LogP contribution in [0, 0.1) is 0 Å². The SMILES string of the molecule is CN1CCC(F)CC(O)C1. The average Bonchev–Trinajstić information content (AvgIpc) is 1.93. The summed E-state index contributed by atoms with van der Waals surface area (Å²) >= 11 is 0. The average molecular weight is 147 g/mol. The topological polar surface area (TPSA) is 23.5 Å². The highest BCUT2D eigenvalue weighted by atomic mass is 19.1. The molecule has 0 aromatic rings. The molecule has 1 N–H and O–H groups in total. The first-order valence-electron chi connectivity index (χ1n) is 3.69. The molecule has 2 unspecified atom stereocenters. The molecular formula is C7H14FNO. The number of likely N-dealkylation sites (N-methyl/N-ethyl adjacent to an activating group) is 1. The highest BCUT2D eigenvalue weighted by Gasteiger charge is 2.19. The molecule has 1 aliphatic heterocycles. The fourth-order valence-corrected chi connectivity index (χ4v) is 1.30. The first-order valence-corrected chi connectivity index (χ1v) is 3.69. The Balaban J connectivity index is 2.38. The number of hydrogen-bond acceptors (Lipinski definition) is 2. The predicted octanol–water partition coefficient (Wildman–Crippen LogP) is 0.411. The van der Waals surface area contributed by atoms with Crippen LogP contribution in [0.5, 0.6) is 0 Å². The molecule has 1 saturated heterocycles. The zero-order chi connectivity index (χ0) is 7.56. The maximum absolute atomic E-state index is 12.7. The molecule has 0 aromatic heterocycles. The highest BCUT2D eigenvalue weighted by Crippen LogP contribution is 2.12. The third-order valence-electron chi connectivity index (χ3n) is 1.87. The van der Waals surface area contributed by atoms with Crippen molar-refractivity contribution in [1.29, 1.82) is 0 Å². The van der Waals surface area contributed by atoms with Gasteiger partial charge in [-0.25, -0.2) is 4.39 Å². The van der Waals surface area contributed by atoms with Gasteiger partial charge in [-0.2, -0.15) is 0 Å². The Bertz CT molecular complexity index is 97.8. The molecule has 0 aliphatic carbocycles. The number of nitrogens with zero attached hydrogens (tertiary/aromatic N) is 1. The van der Waals surface area contributed by atoms with E-state index in [2.05, 4.69) is 0 Å². The summed E-state index contributed by atoms with van der Waals surface area (Å²) in [6, 6.07) is 0. The minimum atomic E-state index is -0.806. The van der Waals surface area contributed by atoms with Crippen LogP contribution in [0.3, 0.4) is 0 Å². The van der Waals surface area contributed by atoms with Crippen LogP contribution in [0.1, 0.15) is 12.8 Å². The summed E-state index contributed by atoms with van der Waals surface area (Å²) in [5.41, 5.74) is 0. The van der Waals surface area contributed by atoms with E-state index < -0.39 is 12.3 Å². The molecule has 3 heteroatoms. The van der Waals surface area contributed by atoms with Gasteiger partial charge in [0.25, 0.3) is 0 Å². The number of β-amino-alcohol motifs (C(OH)–C–C–N with tert-alkyl or cyclic N) is 1. The third kappa shape index (κ3) is 2.23. The van der Waals surface area contributed by atoms with Gasteiger partial charge in [0.2, 0.25) is 0 Å². The van der Waals surface area contributed by atoms with Gasteiger partial charge in [-0.15, -0.1) is 0 Å². The molecule has 0 spiro atoms. The van der Waals surface area contributed by atoms with Crippen LogP contribution in [0.15, 0.2) is 0 Å². The van der Waals surface area contributed by atoms with Crippen molar-refractivity contribution >= 4 is 0 Å². The lowest BCUT2D eigenvalue weighted by atomic mass is 10.1. The zero-order valence-electron chi connectivity index (χ0n) is 6.26. The second-order valence-corrected chi connectivity index (χ2v) is 3.04. The number of halogens is 1. The standard InChI is InChI=1S/C7H14FNO/c1-9-3-2-6(8)4-7(10)5-9/h6-7,10H,2-5H2,1H3. The molecule has 1 fully saturated rings. The van der Waals surface area contributed by atoms with Crippen molar-refractivity contribution < 1.29 is 9.50 Å². The van der Waals surface area contributed by atoms with Gasteiger partial charge < -0.3 is 10.0 Å². The summed E-state index contributed by atoms with van der Waals surface area (Å²) in [7, 11) is 1.90. The van der Waals surface area contributed by atoms with E-state index >= 15 is 0 Å². The highest BCUT2D eigenvalue weighted by molar-refractivity contribution is 4.72. The molecule has 1 rings (SSSR count). The van der Waals surface area contributed by atoms with Crippen LogP contribution in [0.25, 0.3) is 0 Å². The first kappa shape index (κ1) is 7.95. The predicted molar refractivity (Wildman–Crippen MR) is 37.6 cm³/mol. The summed E-state index contributed by atoms with van der Waals surface area (Å²) in [4.78, 5) is 1.96. The molecule has 1 aliphatic rings. The number of rotatable bonds is 0. The smallest absolute Gasteiger partial charge is 0.104 e. The minimum Gasteiger partial charge on any atom is -0.392 e. The molecule has 0 bridgehead atoms. The van der Waals surface area contributed by atoms with Gasteiger partial charge in [-0.05, 0) is 13.5 Å².